The van der Waals surface area contributed by atoms with E-state index in [9.17, 15) is 4.39 Å². The highest BCUT2D eigenvalue weighted by Crippen LogP contribution is 2.12. The lowest BCUT2D eigenvalue weighted by Gasteiger charge is -2.08. The van der Waals surface area contributed by atoms with E-state index in [1.807, 2.05) is 13.1 Å². The topological polar surface area (TPSA) is 27.1 Å². The highest BCUT2D eigenvalue weighted by molar-refractivity contribution is 14.1. The molecule has 0 saturated heterocycles. The first-order valence-electron chi connectivity index (χ1n) is 5.06. The zero-order chi connectivity index (χ0) is 11.3. The monoisotopic (exact) mass is 326 g/mol. The number of aromatic nitrogens is 2. The SMILES string of the molecule is CC[C@H](C)OCc1nn(CCF)cc1I. The average molecular weight is 326 g/mol. The molecule has 1 rings (SSSR count). The summed E-state index contributed by atoms with van der Waals surface area (Å²) in [5.74, 6) is 0. The Kier molecular flexibility index (Phi) is 5.52. The molecule has 0 bridgehead atoms. The van der Waals surface area contributed by atoms with Gasteiger partial charge in [0.1, 0.15) is 12.4 Å². The highest BCUT2D eigenvalue weighted by Gasteiger charge is 2.08. The first-order valence-corrected chi connectivity index (χ1v) is 6.14. The average Bonchev–Trinajstić information content (AvgIpc) is 2.56. The number of rotatable bonds is 6. The van der Waals surface area contributed by atoms with E-state index in [1.54, 1.807) is 4.68 Å². The van der Waals surface area contributed by atoms with Crippen molar-refractivity contribution in [2.75, 3.05) is 6.67 Å². The maximum absolute atomic E-state index is 12.1. The lowest BCUT2D eigenvalue weighted by molar-refractivity contribution is 0.0482. The predicted molar refractivity (Wildman–Crippen MR) is 65.5 cm³/mol. The van der Waals surface area contributed by atoms with E-state index < -0.39 is 0 Å². The molecule has 0 spiro atoms. The molecule has 0 aliphatic carbocycles. The zero-order valence-corrected chi connectivity index (χ0v) is 11.2. The van der Waals surface area contributed by atoms with E-state index >= 15 is 0 Å². The quantitative estimate of drug-likeness (QED) is 0.752. The molecule has 1 heterocycles. The summed E-state index contributed by atoms with van der Waals surface area (Å²) in [6.45, 7) is 4.55. The van der Waals surface area contributed by atoms with Crippen LogP contribution >= 0.6 is 22.6 Å². The molecule has 15 heavy (non-hydrogen) atoms. The van der Waals surface area contributed by atoms with Gasteiger partial charge in [-0.1, -0.05) is 6.92 Å². The minimum Gasteiger partial charge on any atom is -0.372 e. The van der Waals surface area contributed by atoms with Gasteiger partial charge >= 0.3 is 0 Å². The third-order valence-corrected chi connectivity index (χ3v) is 3.08. The van der Waals surface area contributed by atoms with E-state index in [0.29, 0.717) is 13.2 Å². The summed E-state index contributed by atoms with van der Waals surface area (Å²) < 4.78 is 20.3. The molecule has 1 aromatic heterocycles. The molecule has 0 aliphatic rings. The van der Waals surface area contributed by atoms with Crippen LogP contribution in [0.4, 0.5) is 4.39 Å². The van der Waals surface area contributed by atoms with Crippen LogP contribution in [0.3, 0.4) is 0 Å². The smallest absolute Gasteiger partial charge is 0.109 e. The van der Waals surface area contributed by atoms with Gasteiger partial charge in [-0.25, -0.2) is 4.39 Å². The van der Waals surface area contributed by atoms with Gasteiger partial charge in [0.05, 0.1) is 22.8 Å². The third-order valence-electron chi connectivity index (χ3n) is 2.18. The number of nitrogens with zero attached hydrogens (tertiary/aromatic N) is 2. The summed E-state index contributed by atoms with van der Waals surface area (Å²) in [7, 11) is 0. The summed E-state index contributed by atoms with van der Waals surface area (Å²) in [6, 6.07) is 0. The van der Waals surface area contributed by atoms with Gasteiger partial charge in [-0.3, -0.25) is 4.68 Å². The van der Waals surface area contributed by atoms with Crippen LogP contribution < -0.4 is 0 Å². The Hall–Kier alpha value is -0.170. The fourth-order valence-electron chi connectivity index (χ4n) is 1.08. The molecule has 0 N–H and O–H groups in total. The maximum Gasteiger partial charge on any atom is 0.109 e. The molecule has 1 atom stereocenters. The van der Waals surface area contributed by atoms with Gasteiger partial charge in [0.15, 0.2) is 0 Å². The normalized spacial score (nSPS) is 13.1. The second kappa shape index (κ2) is 6.42. The molecule has 3 nitrogen and oxygen atoms in total. The van der Waals surface area contributed by atoms with Gasteiger partial charge in [-0.05, 0) is 35.9 Å². The van der Waals surface area contributed by atoms with Crippen molar-refractivity contribution in [3.63, 3.8) is 0 Å². The van der Waals surface area contributed by atoms with E-state index in [4.69, 9.17) is 4.74 Å². The molecule has 86 valence electrons. The minimum absolute atomic E-state index is 0.243. The summed E-state index contributed by atoms with van der Waals surface area (Å²) in [6.07, 6.45) is 3.07. The molecule has 0 radical (unpaired) electrons. The lowest BCUT2D eigenvalue weighted by Crippen LogP contribution is -2.07. The Morgan fingerprint density at radius 2 is 2.40 bits per heavy atom. The summed E-state index contributed by atoms with van der Waals surface area (Å²) in [5.41, 5.74) is 0.893. The molecule has 0 amide bonds. The Bertz CT molecular complexity index is 304. The number of ether oxygens (including phenoxy) is 1. The van der Waals surface area contributed by atoms with Crippen molar-refractivity contribution in [2.45, 2.75) is 39.5 Å². The van der Waals surface area contributed by atoms with Crippen LogP contribution in [0.5, 0.6) is 0 Å². The highest BCUT2D eigenvalue weighted by atomic mass is 127. The van der Waals surface area contributed by atoms with E-state index in [1.165, 1.54) is 0 Å². The van der Waals surface area contributed by atoms with Crippen LogP contribution in [0.25, 0.3) is 0 Å². The number of hydrogen-bond acceptors (Lipinski definition) is 2. The van der Waals surface area contributed by atoms with Crippen molar-refractivity contribution in [3.8, 4) is 0 Å². The number of hydrogen-bond donors (Lipinski definition) is 0. The second-order valence-electron chi connectivity index (χ2n) is 3.41. The van der Waals surface area contributed by atoms with Crippen LogP contribution in [-0.2, 0) is 17.9 Å². The minimum atomic E-state index is -0.385. The Morgan fingerprint density at radius 1 is 1.67 bits per heavy atom. The zero-order valence-electron chi connectivity index (χ0n) is 9.04. The van der Waals surface area contributed by atoms with Crippen LogP contribution in [0, 0.1) is 3.57 Å². The molecular formula is C10H16FIN2O. The van der Waals surface area contributed by atoms with Gasteiger partial charge in [0.2, 0.25) is 0 Å². The van der Waals surface area contributed by atoms with Crippen molar-refractivity contribution in [1.82, 2.24) is 9.78 Å². The molecule has 5 heteroatoms. The molecule has 0 aromatic carbocycles. The number of halogens is 2. The van der Waals surface area contributed by atoms with Crippen molar-refractivity contribution >= 4 is 22.6 Å². The molecule has 0 saturated carbocycles. The van der Waals surface area contributed by atoms with E-state index in [0.717, 1.165) is 15.7 Å². The molecular weight excluding hydrogens is 310 g/mol. The van der Waals surface area contributed by atoms with E-state index in [2.05, 4.69) is 34.6 Å². The Labute approximate surface area is 103 Å². The summed E-state index contributed by atoms with van der Waals surface area (Å²) in [5, 5.41) is 4.25. The predicted octanol–water partition coefficient (Wildman–Crippen LogP) is 2.77. The number of aryl methyl sites for hydroxylation is 1. The number of alkyl halides is 1. The molecule has 0 unspecified atom stereocenters. The Balaban J connectivity index is 2.53. The molecule has 1 aromatic rings. The van der Waals surface area contributed by atoms with Crippen molar-refractivity contribution in [1.29, 1.82) is 0 Å². The van der Waals surface area contributed by atoms with Crippen LogP contribution in [0.15, 0.2) is 6.20 Å². The van der Waals surface area contributed by atoms with Crippen molar-refractivity contribution in [2.24, 2.45) is 0 Å². The summed E-state index contributed by atoms with van der Waals surface area (Å²) in [4.78, 5) is 0. The van der Waals surface area contributed by atoms with Crippen molar-refractivity contribution < 1.29 is 9.13 Å². The second-order valence-corrected chi connectivity index (χ2v) is 4.57. The molecule has 0 fully saturated rings. The third kappa shape index (κ3) is 4.06. The fourth-order valence-corrected chi connectivity index (χ4v) is 1.66. The Morgan fingerprint density at radius 3 is 3.00 bits per heavy atom. The first-order chi connectivity index (χ1) is 7.17. The van der Waals surface area contributed by atoms with Crippen LogP contribution in [0.1, 0.15) is 26.0 Å². The largest absolute Gasteiger partial charge is 0.372 e. The van der Waals surface area contributed by atoms with Crippen molar-refractivity contribution in [3.05, 3.63) is 15.5 Å². The maximum atomic E-state index is 12.1. The van der Waals surface area contributed by atoms with Gasteiger partial charge < -0.3 is 4.74 Å². The van der Waals surface area contributed by atoms with Crippen LogP contribution in [0.2, 0.25) is 0 Å². The summed E-state index contributed by atoms with van der Waals surface area (Å²) >= 11 is 2.19. The lowest BCUT2D eigenvalue weighted by atomic mass is 10.3. The van der Waals surface area contributed by atoms with Gasteiger partial charge in [-0.15, -0.1) is 0 Å². The fraction of sp³-hybridized carbons (Fsp3) is 0.700. The van der Waals surface area contributed by atoms with Gasteiger partial charge in [0.25, 0.3) is 0 Å². The van der Waals surface area contributed by atoms with E-state index in [-0.39, 0.29) is 12.8 Å². The van der Waals surface area contributed by atoms with Gasteiger partial charge in [-0.2, -0.15) is 5.10 Å². The standard InChI is InChI=1S/C10H16FIN2O/c1-3-8(2)15-7-10-9(12)6-14(13-10)5-4-11/h6,8H,3-5,7H2,1-2H3/t8-/m0/s1. The van der Waals surface area contributed by atoms with Gasteiger partial charge in [0, 0.05) is 6.20 Å². The first kappa shape index (κ1) is 12.9. The van der Waals surface area contributed by atoms with Crippen LogP contribution in [-0.4, -0.2) is 22.6 Å². The molecule has 0 aliphatic heterocycles.